The normalized spacial score (nSPS) is 12.8. The van der Waals surface area contributed by atoms with Gasteiger partial charge >= 0.3 is 0 Å². The Kier molecular flexibility index (Phi) is 3.33. The second-order valence-corrected chi connectivity index (χ2v) is 4.88. The zero-order valence-corrected chi connectivity index (χ0v) is 11.0. The van der Waals surface area contributed by atoms with Gasteiger partial charge in [0.15, 0.2) is 0 Å². The van der Waals surface area contributed by atoms with E-state index in [9.17, 15) is 0 Å². The molecule has 1 atom stereocenters. The first-order chi connectivity index (χ1) is 7.58. The standard InChI is InChI=1S/C11H11BrClN3/c1-16-6-7(5-15-16)11(14)9-3-2-8(13)4-10(9)12/h2-6,11H,14H2,1H3. The molecule has 0 radical (unpaired) electrons. The highest BCUT2D eigenvalue weighted by molar-refractivity contribution is 9.10. The zero-order chi connectivity index (χ0) is 11.7. The molecule has 3 nitrogen and oxygen atoms in total. The van der Waals surface area contributed by atoms with Gasteiger partial charge in [-0.15, -0.1) is 0 Å². The van der Waals surface area contributed by atoms with Crippen LogP contribution in [0.1, 0.15) is 17.2 Å². The van der Waals surface area contributed by atoms with Crippen molar-refractivity contribution in [1.82, 2.24) is 9.78 Å². The van der Waals surface area contributed by atoms with Crippen molar-refractivity contribution < 1.29 is 0 Å². The molecule has 2 rings (SSSR count). The summed E-state index contributed by atoms with van der Waals surface area (Å²) in [7, 11) is 1.87. The summed E-state index contributed by atoms with van der Waals surface area (Å²) < 4.78 is 2.65. The lowest BCUT2D eigenvalue weighted by Crippen LogP contribution is -2.11. The smallest absolute Gasteiger partial charge is 0.0594 e. The van der Waals surface area contributed by atoms with Crippen LogP contribution in [0.5, 0.6) is 0 Å². The molecule has 1 aromatic heterocycles. The van der Waals surface area contributed by atoms with E-state index >= 15 is 0 Å². The van der Waals surface area contributed by atoms with Crippen LogP contribution in [0.4, 0.5) is 0 Å². The molecular weight excluding hydrogens is 289 g/mol. The van der Waals surface area contributed by atoms with Gasteiger partial charge in [-0.05, 0) is 17.7 Å². The van der Waals surface area contributed by atoms with Crippen LogP contribution in [0.25, 0.3) is 0 Å². The van der Waals surface area contributed by atoms with E-state index in [0.29, 0.717) is 5.02 Å². The van der Waals surface area contributed by atoms with Crippen molar-refractivity contribution in [2.75, 3.05) is 0 Å². The summed E-state index contributed by atoms with van der Waals surface area (Å²) in [5.74, 6) is 0. The molecule has 0 amide bonds. The Balaban J connectivity index is 2.37. The molecule has 0 saturated carbocycles. The van der Waals surface area contributed by atoms with Crippen molar-refractivity contribution in [3.05, 3.63) is 51.2 Å². The largest absolute Gasteiger partial charge is 0.320 e. The maximum atomic E-state index is 6.15. The maximum absolute atomic E-state index is 6.15. The first-order valence-corrected chi connectivity index (χ1v) is 5.94. The van der Waals surface area contributed by atoms with Gasteiger partial charge in [0, 0.05) is 28.3 Å². The van der Waals surface area contributed by atoms with Crippen molar-refractivity contribution in [3.63, 3.8) is 0 Å². The Morgan fingerprint density at radius 3 is 2.81 bits per heavy atom. The number of nitrogens with zero attached hydrogens (tertiary/aromatic N) is 2. The number of aromatic nitrogens is 2. The third-order valence-electron chi connectivity index (χ3n) is 2.38. The highest BCUT2D eigenvalue weighted by Gasteiger charge is 2.13. The van der Waals surface area contributed by atoms with Gasteiger partial charge in [0.05, 0.1) is 12.2 Å². The minimum Gasteiger partial charge on any atom is -0.320 e. The Labute approximate surface area is 107 Å². The van der Waals surface area contributed by atoms with Crippen LogP contribution < -0.4 is 5.73 Å². The summed E-state index contributed by atoms with van der Waals surface area (Å²) in [6.07, 6.45) is 3.68. The number of benzene rings is 1. The van der Waals surface area contributed by atoms with E-state index in [0.717, 1.165) is 15.6 Å². The van der Waals surface area contributed by atoms with Crippen molar-refractivity contribution in [2.24, 2.45) is 12.8 Å². The lowest BCUT2D eigenvalue weighted by Gasteiger charge is -2.12. The lowest BCUT2D eigenvalue weighted by molar-refractivity contribution is 0.765. The predicted octanol–water partition coefficient (Wildman–Crippen LogP) is 2.88. The average Bonchev–Trinajstić information content (AvgIpc) is 2.64. The van der Waals surface area contributed by atoms with Crippen molar-refractivity contribution in [1.29, 1.82) is 0 Å². The molecule has 2 aromatic rings. The third kappa shape index (κ3) is 2.29. The van der Waals surface area contributed by atoms with Crippen LogP contribution in [-0.2, 0) is 7.05 Å². The highest BCUT2D eigenvalue weighted by atomic mass is 79.9. The molecule has 0 saturated heterocycles. The second kappa shape index (κ2) is 4.57. The van der Waals surface area contributed by atoms with Crippen LogP contribution >= 0.6 is 27.5 Å². The Morgan fingerprint density at radius 1 is 1.50 bits per heavy atom. The van der Waals surface area contributed by atoms with Gasteiger partial charge in [0.1, 0.15) is 0 Å². The zero-order valence-electron chi connectivity index (χ0n) is 8.69. The number of nitrogens with two attached hydrogens (primary N) is 1. The minimum absolute atomic E-state index is 0.194. The molecule has 0 aliphatic carbocycles. The van der Waals surface area contributed by atoms with Crippen LogP contribution in [0.3, 0.4) is 0 Å². The number of hydrogen-bond donors (Lipinski definition) is 1. The van der Waals surface area contributed by atoms with Crippen LogP contribution in [0.15, 0.2) is 35.1 Å². The third-order valence-corrected chi connectivity index (χ3v) is 3.30. The van der Waals surface area contributed by atoms with Gasteiger partial charge in [-0.2, -0.15) is 5.10 Å². The van der Waals surface area contributed by atoms with Crippen LogP contribution in [0, 0.1) is 0 Å². The molecule has 0 bridgehead atoms. The highest BCUT2D eigenvalue weighted by Crippen LogP contribution is 2.28. The predicted molar refractivity (Wildman–Crippen MR) is 68.4 cm³/mol. The molecule has 5 heteroatoms. The summed E-state index contributed by atoms with van der Waals surface area (Å²) in [6.45, 7) is 0. The maximum Gasteiger partial charge on any atom is 0.0594 e. The van der Waals surface area contributed by atoms with Crippen molar-refractivity contribution in [3.8, 4) is 0 Å². The molecule has 0 aliphatic rings. The molecule has 1 aromatic carbocycles. The van der Waals surface area contributed by atoms with Gasteiger partial charge in [0.2, 0.25) is 0 Å². The van der Waals surface area contributed by atoms with E-state index in [2.05, 4.69) is 21.0 Å². The Morgan fingerprint density at radius 2 is 2.25 bits per heavy atom. The number of halogens is 2. The molecule has 84 valence electrons. The van der Waals surface area contributed by atoms with Gasteiger partial charge in [0.25, 0.3) is 0 Å². The van der Waals surface area contributed by atoms with E-state index in [-0.39, 0.29) is 6.04 Å². The lowest BCUT2D eigenvalue weighted by atomic mass is 10.0. The summed E-state index contributed by atoms with van der Waals surface area (Å²) in [5, 5.41) is 4.79. The summed E-state index contributed by atoms with van der Waals surface area (Å²) >= 11 is 9.34. The fraction of sp³-hybridized carbons (Fsp3) is 0.182. The molecule has 16 heavy (non-hydrogen) atoms. The molecule has 1 heterocycles. The van der Waals surface area contributed by atoms with E-state index in [1.54, 1.807) is 10.9 Å². The molecule has 0 spiro atoms. The molecule has 0 fully saturated rings. The van der Waals surface area contributed by atoms with Crippen LogP contribution in [0.2, 0.25) is 5.02 Å². The average molecular weight is 301 g/mol. The van der Waals surface area contributed by atoms with E-state index < -0.39 is 0 Å². The fourth-order valence-electron chi connectivity index (χ4n) is 1.53. The van der Waals surface area contributed by atoms with Gasteiger partial charge in [-0.25, -0.2) is 0 Å². The van der Waals surface area contributed by atoms with E-state index in [4.69, 9.17) is 17.3 Å². The summed E-state index contributed by atoms with van der Waals surface area (Å²) in [6, 6.07) is 5.40. The fourth-order valence-corrected chi connectivity index (χ4v) is 2.46. The Bertz CT molecular complexity index is 510. The number of hydrogen-bond acceptors (Lipinski definition) is 2. The topological polar surface area (TPSA) is 43.8 Å². The second-order valence-electron chi connectivity index (χ2n) is 3.59. The number of aryl methyl sites for hydroxylation is 1. The number of rotatable bonds is 2. The molecule has 0 aliphatic heterocycles. The monoisotopic (exact) mass is 299 g/mol. The first-order valence-electron chi connectivity index (χ1n) is 4.77. The SMILES string of the molecule is Cn1cc(C(N)c2ccc(Cl)cc2Br)cn1. The van der Waals surface area contributed by atoms with Gasteiger partial charge in [-0.3, -0.25) is 4.68 Å². The van der Waals surface area contributed by atoms with Crippen molar-refractivity contribution in [2.45, 2.75) is 6.04 Å². The minimum atomic E-state index is -0.194. The first kappa shape index (κ1) is 11.6. The van der Waals surface area contributed by atoms with Gasteiger partial charge < -0.3 is 5.73 Å². The van der Waals surface area contributed by atoms with E-state index in [1.807, 2.05) is 31.4 Å². The Hall–Kier alpha value is -0.840. The van der Waals surface area contributed by atoms with E-state index in [1.165, 1.54) is 0 Å². The van der Waals surface area contributed by atoms with Crippen molar-refractivity contribution >= 4 is 27.5 Å². The summed E-state index contributed by atoms with van der Waals surface area (Å²) in [4.78, 5) is 0. The molecule has 1 unspecified atom stereocenters. The molecular formula is C11H11BrClN3. The molecule has 2 N–H and O–H groups in total. The van der Waals surface area contributed by atoms with Gasteiger partial charge in [-0.1, -0.05) is 33.6 Å². The quantitative estimate of drug-likeness (QED) is 0.927. The summed E-state index contributed by atoms with van der Waals surface area (Å²) in [5.41, 5.74) is 8.13. The van der Waals surface area contributed by atoms with Crippen LogP contribution in [-0.4, -0.2) is 9.78 Å².